The molecule has 2 aromatic rings. The molecule has 0 radical (unpaired) electrons. The number of nitrogens with one attached hydrogen (secondary N) is 1. The molecule has 1 nitrogen and oxygen atoms in total. The molecule has 0 bridgehead atoms. The third-order valence-electron chi connectivity index (χ3n) is 3.03. The van der Waals surface area contributed by atoms with E-state index >= 15 is 0 Å². The fraction of sp³-hybridized carbons (Fsp3) is 0.333. The van der Waals surface area contributed by atoms with Crippen molar-refractivity contribution in [2.24, 2.45) is 0 Å². The summed E-state index contributed by atoms with van der Waals surface area (Å²) in [4.78, 5) is 1.23. The van der Waals surface area contributed by atoms with E-state index in [2.05, 4.69) is 49.5 Å². The monoisotopic (exact) mass is 279 g/mol. The zero-order valence-corrected chi connectivity index (χ0v) is 12.3. The Morgan fingerprint density at radius 1 is 1.11 bits per heavy atom. The standard InChI is InChI=1S/C15H18ClNS/c1-3-13(17-4-2)11-5-7-12(8-6-11)14-9-10-15(16)18-14/h5-10,13,17H,3-4H2,1-2H3. The van der Waals surface area contributed by atoms with Crippen LogP contribution in [0, 0.1) is 0 Å². The van der Waals surface area contributed by atoms with Gasteiger partial charge in [-0.05, 0) is 36.2 Å². The molecule has 1 atom stereocenters. The quantitative estimate of drug-likeness (QED) is 0.800. The summed E-state index contributed by atoms with van der Waals surface area (Å²) in [5.74, 6) is 0. The Balaban J connectivity index is 2.19. The first-order valence-corrected chi connectivity index (χ1v) is 7.53. The zero-order chi connectivity index (χ0) is 13.0. The van der Waals surface area contributed by atoms with E-state index in [-0.39, 0.29) is 0 Å². The third-order valence-corrected chi connectivity index (χ3v) is 4.31. The van der Waals surface area contributed by atoms with Crippen molar-refractivity contribution in [3.63, 3.8) is 0 Å². The van der Waals surface area contributed by atoms with Gasteiger partial charge in [0.05, 0.1) is 4.34 Å². The van der Waals surface area contributed by atoms with E-state index in [1.807, 2.05) is 6.07 Å². The van der Waals surface area contributed by atoms with Crippen molar-refractivity contribution < 1.29 is 0 Å². The smallest absolute Gasteiger partial charge is 0.0934 e. The van der Waals surface area contributed by atoms with Gasteiger partial charge in [0, 0.05) is 10.9 Å². The molecule has 96 valence electrons. The average molecular weight is 280 g/mol. The highest BCUT2D eigenvalue weighted by Gasteiger charge is 2.08. The fourth-order valence-corrected chi connectivity index (χ4v) is 3.14. The maximum atomic E-state index is 5.96. The van der Waals surface area contributed by atoms with Crippen LogP contribution in [0.25, 0.3) is 10.4 Å². The molecule has 3 heteroatoms. The molecule has 1 aromatic carbocycles. The van der Waals surface area contributed by atoms with E-state index in [1.165, 1.54) is 16.0 Å². The number of halogens is 1. The third kappa shape index (κ3) is 3.14. The Bertz CT molecular complexity index is 489. The van der Waals surface area contributed by atoms with Crippen LogP contribution in [0.15, 0.2) is 36.4 Å². The van der Waals surface area contributed by atoms with Crippen LogP contribution < -0.4 is 5.32 Å². The lowest BCUT2D eigenvalue weighted by Gasteiger charge is -2.16. The first kappa shape index (κ1) is 13.6. The number of benzene rings is 1. The van der Waals surface area contributed by atoms with Gasteiger partial charge >= 0.3 is 0 Å². The summed E-state index contributed by atoms with van der Waals surface area (Å²) in [6.45, 7) is 5.35. The highest BCUT2D eigenvalue weighted by molar-refractivity contribution is 7.19. The van der Waals surface area contributed by atoms with Gasteiger partial charge in [-0.2, -0.15) is 0 Å². The van der Waals surface area contributed by atoms with Crippen molar-refractivity contribution in [3.05, 3.63) is 46.3 Å². The van der Waals surface area contributed by atoms with Crippen molar-refractivity contribution in [1.82, 2.24) is 5.32 Å². The molecule has 1 N–H and O–H groups in total. The number of hydrogen-bond acceptors (Lipinski definition) is 2. The molecule has 0 saturated heterocycles. The predicted molar refractivity (Wildman–Crippen MR) is 81.5 cm³/mol. The van der Waals surface area contributed by atoms with Crippen LogP contribution in [0.2, 0.25) is 4.34 Å². The van der Waals surface area contributed by atoms with Gasteiger partial charge in [-0.15, -0.1) is 11.3 Å². The van der Waals surface area contributed by atoms with Gasteiger partial charge in [-0.1, -0.05) is 49.7 Å². The predicted octanol–water partition coefficient (Wildman–Crippen LogP) is 5.13. The molecule has 1 aromatic heterocycles. The van der Waals surface area contributed by atoms with Crippen LogP contribution in [0.1, 0.15) is 31.9 Å². The Kier molecular flexibility index (Phi) is 4.81. The van der Waals surface area contributed by atoms with Gasteiger partial charge in [0.1, 0.15) is 0 Å². The summed E-state index contributed by atoms with van der Waals surface area (Å²) < 4.78 is 0.841. The molecule has 0 aliphatic heterocycles. The van der Waals surface area contributed by atoms with Gasteiger partial charge in [0.15, 0.2) is 0 Å². The molecule has 0 aliphatic rings. The lowest BCUT2D eigenvalue weighted by Crippen LogP contribution is -2.19. The van der Waals surface area contributed by atoms with E-state index in [1.54, 1.807) is 11.3 Å². The van der Waals surface area contributed by atoms with Crippen LogP contribution in [0.3, 0.4) is 0 Å². The largest absolute Gasteiger partial charge is 0.310 e. The normalized spacial score (nSPS) is 12.6. The summed E-state index contributed by atoms with van der Waals surface area (Å²) in [5, 5.41) is 3.49. The van der Waals surface area contributed by atoms with Crippen molar-refractivity contribution >= 4 is 22.9 Å². The minimum absolute atomic E-state index is 0.455. The highest BCUT2D eigenvalue weighted by Crippen LogP contribution is 2.31. The van der Waals surface area contributed by atoms with Crippen LogP contribution in [0.4, 0.5) is 0 Å². The van der Waals surface area contributed by atoms with E-state index in [9.17, 15) is 0 Å². The van der Waals surface area contributed by atoms with Gasteiger partial charge in [-0.3, -0.25) is 0 Å². The summed E-state index contributed by atoms with van der Waals surface area (Å²) in [5.41, 5.74) is 2.59. The minimum atomic E-state index is 0.455. The van der Waals surface area contributed by atoms with E-state index in [4.69, 9.17) is 11.6 Å². The first-order valence-electron chi connectivity index (χ1n) is 6.33. The number of hydrogen-bond donors (Lipinski definition) is 1. The maximum Gasteiger partial charge on any atom is 0.0934 e. The first-order chi connectivity index (χ1) is 8.74. The molecule has 0 amide bonds. The van der Waals surface area contributed by atoms with Crippen LogP contribution in [-0.2, 0) is 0 Å². The molecule has 18 heavy (non-hydrogen) atoms. The lowest BCUT2D eigenvalue weighted by molar-refractivity contribution is 0.537. The van der Waals surface area contributed by atoms with Crippen LogP contribution in [0.5, 0.6) is 0 Å². The summed E-state index contributed by atoms with van der Waals surface area (Å²) in [6.07, 6.45) is 1.11. The Morgan fingerprint density at radius 3 is 2.33 bits per heavy atom. The van der Waals surface area contributed by atoms with Crippen molar-refractivity contribution in [2.75, 3.05) is 6.54 Å². The summed E-state index contributed by atoms with van der Waals surface area (Å²) in [6, 6.07) is 13.2. The summed E-state index contributed by atoms with van der Waals surface area (Å²) in [7, 11) is 0. The second-order valence-electron chi connectivity index (χ2n) is 4.24. The Labute approximate surface area is 118 Å². The number of rotatable bonds is 5. The molecular formula is C15H18ClNS. The molecule has 0 fully saturated rings. The molecule has 0 aliphatic carbocycles. The van der Waals surface area contributed by atoms with Gasteiger partial charge in [0.2, 0.25) is 0 Å². The van der Waals surface area contributed by atoms with Crippen LogP contribution in [-0.4, -0.2) is 6.54 Å². The second-order valence-corrected chi connectivity index (χ2v) is 5.96. The fourth-order valence-electron chi connectivity index (χ4n) is 2.09. The van der Waals surface area contributed by atoms with Gasteiger partial charge in [-0.25, -0.2) is 0 Å². The number of thiophene rings is 1. The molecular weight excluding hydrogens is 262 g/mol. The minimum Gasteiger partial charge on any atom is -0.310 e. The van der Waals surface area contributed by atoms with Gasteiger partial charge < -0.3 is 5.32 Å². The van der Waals surface area contributed by atoms with Crippen LogP contribution >= 0.6 is 22.9 Å². The Hall–Kier alpha value is -0.830. The second kappa shape index (κ2) is 6.37. The van der Waals surface area contributed by atoms with Gasteiger partial charge in [0.25, 0.3) is 0 Å². The molecule has 0 spiro atoms. The Morgan fingerprint density at radius 2 is 1.83 bits per heavy atom. The SMILES string of the molecule is CCNC(CC)c1ccc(-c2ccc(Cl)s2)cc1. The average Bonchev–Trinajstić information content (AvgIpc) is 2.83. The van der Waals surface area contributed by atoms with E-state index < -0.39 is 0 Å². The van der Waals surface area contributed by atoms with Crippen molar-refractivity contribution in [2.45, 2.75) is 26.3 Å². The van der Waals surface area contributed by atoms with E-state index in [0.29, 0.717) is 6.04 Å². The zero-order valence-electron chi connectivity index (χ0n) is 10.7. The molecule has 0 saturated carbocycles. The molecule has 1 unspecified atom stereocenters. The van der Waals surface area contributed by atoms with Crippen molar-refractivity contribution in [1.29, 1.82) is 0 Å². The topological polar surface area (TPSA) is 12.0 Å². The lowest BCUT2D eigenvalue weighted by atomic mass is 10.0. The molecule has 2 rings (SSSR count). The van der Waals surface area contributed by atoms with Crippen molar-refractivity contribution in [3.8, 4) is 10.4 Å². The highest BCUT2D eigenvalue weighted by atomic mass is 35.5. The molecule has 1 heterocycles. The maximum absolute atomic E-state index is 5.96. The summed E-state index contributed by atoms with van der Waals surface area (Å²) >= 11 is 7.59. The van der Waals surface area contributed by atoms with E-state index in [0.717, 1.165) is 17.3 Å².